The number of carbonyl (C=O) groups is 1. The van der Waals surface area contributed by atoms with Crippen LogP contribution in [-0.4, -0.2) is 43.8 Å². The summed E-state index contributed by atoms with van der Waals surface area (Å²) in [7, 11) is -2.26. The van der Waals surface area contributed by atoms with E-state index in [0.717, 1.165) is 6.42 Å². The standard InChI is InChI=1S/C16H21N3O4S2/c1-3-4-10-19(12-15(20)18-16-17-9-11-24-16)25(21,22)14-7-5-13(23-2)6-8-14/h5-9,11H,3-4,10,12H2,1-2H3,(H,17,18,20). The number of nitrogens with zero attached hydrogens (tertiary/aromatic N) is 2. The van der Waals surface area contributed by atoms with E-state index >= 15 is 0 Å². The van der Waals surface area contributed by atoms with E-state index in [1.165, 1.54) is 34.9 Å². The van der Waals surface area contributed by atoms with Gasteiger partial charge in [-0.25, -0.2) is 13.4 Å². The Hall–Kier alpha value is -1.97. The molecule has 1 aromatic carbocycles. The first-order chi connectivity index (χ1) is 12.0. The highest BCUT2D eigenvalue weighted by molar-refractivity contribution is 7.89. The van der Waals surface area contributed by atoms with Gasteiger partial charge in [0.25, 0.3) is 0 Å². The van der Waals surface area contributed by atoms with Crippen molar-refractivity contribution in [2.45, 2.75) is 24.7 Å². The number of anilines is 1. The van der Waals surface area contributed by atoms with E-state index in [0.29, 0.717) is 17.3 Å². The van der Waals surface area contributed by atoms with Crippen molar-refractivity contribution >= 4 is 32.4 Å². The van der Waals surface area contributed by atoms with Crippen LogP contribution in [0.5, 0.6) is 5.75 Å². The molecule has 9 heteroatoms. The Balaban J connectivity index is 2.17. The number of thiazole rings is 1. The molecule has 1 amide bonds. The summed E-state index contributed by atoms with van der Waals surface area (Å²) in [6.07, 6.45) is 3.06. The van der Waals surface area contributed by atoms with Crippen molar-refractivity contribution in [1.82, 2.24) is 9.29 Å². The highest BCUT2D eigenvalue weighted by Crippen LogP contribution is 2.20. The molecule has 0 unspecified atom stereocenters. The largest absolute Gasteiger partial charge is 0.497 e. The minimum atomic E-state index is -3.77. The number of hydrogen-bond donors (Lipinski definition) is 1. The predicted octanol–water partition coefficient (Wildman–Crippen LogP) is 2.58. The van der Waals surface area contributed by atoms with Gasteiger partial charge in [-0.15, -0.1) is 11.3 Å². The molecule has 136 valence electrons. The van der Waals surface area contributed by atoms with Crippen molar-refractivity contribution in [2.75, 3.05) is 25.5 Å². The number of amides is 1. The Bertz CT molecular complexity index is 774. The summed E-state index contributed by atoms with van der Waals surface area (Å²) in [5.74, 6) is 0.156. The third-order valence-electron chi connectivity index (χ3n) is 3.46. The Morgan fingerprint density at radius 3 is 2.60 bits per heavy atom. The molecule has 25 heavy (non-hydrogen) atoms. The molecule has 0 bridgehead atoms. The van der Waals surface area contributed by atoms with Crippen LogP contribution >= 0.6 is 11.3 Å². The maximum absolute atomic E-state index is 12.9. The SMILES string of the molecule is CCCCN(CC(=O)Nc1nccs1)S(=O)(=O)c1ccc(OC)cc1. The van der Waals surface area contributed by atoms with E-state index in [-0.39, 0.29) is 18.0 Å². The molecule has 0 aliphatic carbocycles. The molecule has 0 atom stereocenters. The van der Waals surface area contributed by atoms with Crippen molar-refractivity contribution in [3.8, 4) is 5.75 Å². The molecule has 0 aliphatic rings. The molecule has 0 fully saturated rings. The normalized spacial score (nSPS) is 11.5. The van der Waals surface area contributed by atoms with Gasteiger partial charge in [-0.1, -0.05) is 13.3 Å². The molecule has 0 saturated heterocycles. The molecular weight excluding hydrogens is 362 g/mol. The maximum atomic E-state index is 12.9. The average molecular weight is 383 g/mol. The van der Waals surface area contributed by atoms with E-state index in [4.69, 9.17) is 4.74 Å². The van der Waals surface area contributed by atoms with Crippen molar-refractivity contribution in [1.29, 1.82) is 0 Å². The minimum absolute atomic E-state index is 0.131. The summed E-state index contributed by atoms with van der Waals surface area (Å²) in [4.78, 5) is 16.3. The van der Waals surface area contributed by atoms with Crippen molar-refractivity contribution in [3.63, 3.8) is 0 Å². The zero-order chi connectivity index (χ0) is 18.3. The third-order valence-corrected chi connectivity index (χ3v) is 6.00. The Morgan fingerprint density at radius 2 is 2.04 bits per heavy atom. The quantitative estimate of drug-likeness (QED) is 0.719. The molecule has 2 rings (SSSR count). The van der Waals surface area contributed by atoms with Gasteiger partial charge in [0.1, 0.15) is 5.75 Å². The lowest BCUT2D eigenvalue weighted by Crippen LogP contribution is -2.38. The summed E-state index contributed by atoms with van der Waals surface area (Å²) in [5.41, 5.74) is 0. The highest BCUT2D eigenvalue weighted by atomic mass is 32.2. The Morgan fingerprint density at radius 1 is 1.32 bits per heavy atom. The molecule has 0 aliphatic heterocycles. The van der Waals surface area contributed by atoms with Gasteiger partial charge in [0.15, 0.2) is 5.13 Å². The fourth-order valence-corrected chi connectivity index (χ4v) is 4.10. The van der Waals surface area contributed by atoms with E-state index in [1.54, 1.807) is 23.7 Å². The summed E-state index contributed by atoms with van der Waals surface area (Å²) >= 11 is 1.28. The molecule has 1 N–H and O–H groups in total. The number of ether oxygens (including phenoxy) is 1. The second-order valence-electron chi connectivity index (χ2n) is 5.25. The molecule has 0 saturated carbocycles. The summed E-state index contributed by atoms with van der Waals surface area (Å²) in [5, 5.41) is 4.79. The van der Waals surface area contributed by atoms with Gasteiger partial charge in [0.05, 0.1) is 18.6 Å². The maximum Gasteiger partial charge on any atom is 0.243 e. The highest BCUT2D eigenvalue weighted by Gasteiger charge is 2.26. The minimum Gasteiger partial charge on any atom is -0.497 e. The number of aromatic nitrogens is 1. The predicted molar refractivity (Wildman–Crippen MR) is 97.4 cm³/mol. The van der Waals surface area contributed by atoms with Gasteiger partial charge >= 0.3 is 0 Å². The third kappa shape index (κ3) is 5.25. The molecular formula is C16H21N3O4S2. The molecule has 0 radical (unpaired) electrons. The van der Waals surface area contributed by atoms with Crippen LogP contribution in [0, 0.1) is 0 Å². The first kappa shape index (κ1) is 19.4. The number of sulfonamides is 1. The molecule has 1 heterocycles. The van der Waals surface area contributed by atoms with Crippen LogP contribution in [0.25, 0.3) is 0 Å². The van der Waals surface area contributed by atoms with Crippen LogP contribution in [0.1, 0.15) is 19.8 Å². The number of rotatable bonds is 9. The van der Waals surface area contributed by atoms with Crippen molar-refractivity contribution in [2.24, 2.45) is 0 Å². The number of hydrogen-bond acceptors (Lipinski definition) is 6. The molecule has 2 aromatic rings. The van der Waals surface area contributed by atoms with Gasteiger partial charge in [-0.05, 0) is 30.7 Å². The van der Waals surface area contributed by atoms with E-state index in [2.05, 4.69) is 10.3 Å². The van der Waals surface area contributed by atoms with Crippen LogP contribution < -0.4 is 10.1 Å². The monoisotopic (exact) mass is 383 g/mol. The fourth-order valence-electron chi connectivity index (χ4n) is 2.12. The van der Waals surface area contributed by atoms with Crippen molar-refractivity contribution < 1.29 is 17.9 Å². The van der Waals surface area contributed by atoms with Crippen LogP contribution in [0.15, 0.2) is 40.7 Å². The number of methoxy groups -OCH3 is 1. The Kier molecular flexibility index (Phi) is 6.91. The van der Waals surface area contributed by atoms with E-state index in [9.17, 15) is 13.2 Å². The average Bonchev–Trinajstić information content (AvgIpc) is 3.11. The second-order valence-corrected chi connectivity index (χ2v) is 8.09. The fraction of sp³-hybridized carbons (Fsp3) is 0.375. The lowest BCUT2D eigenvalue weighted by Gasteiger charge is -2.21. The summed E-state index contributed by atoms with van der Waals surface area (Å²) in [6, 6.07) is 6.12. The molecule has 7 nitrogen and oxygen atoms in total. The molecule has 1 aromatic heterocycles. The Labute approximate surface area is 151 Å². The van der Waals surface area contributed by atoms with Crippen LogP contribution in [-0.2, 0) is 14.8 Å². The van der Waals surface area contributed by atoms with Crippen molar-refractivity contribution in [3.05, 3.63) is 35.8 Å². The summed E-state index contributed by atoms with van der Waals surface area (Å²) in [6.45, 7) is 1.98. The molecule has 0 spiro atoms. The second kappa shape index (κ2) is 8.93. The number of carbonyl (C=O) groups excluding carboxylic acids is 1. The smallest absolute Gasteiger partial charge is 0.243 e. The topological polar surface area (TPSA) is 88.6 Å². The number of unbranched alkanes of at least 4 members (excludes halogenated alkanes) is 1. The first-order valence-electron chi connectivity index (χ1n) is 7.81. The van der Waals surface area contributed by atoms with Crippen LogP contribution in [0.2, 0.25) is 0 Å². The van der Waals surface area contributed by atoms with E-state index in [1.807, 2.05) is 6.92 Å². The zero-order valence-corrected chi connectivity index (χ0v) is 15.8. The van der Waals surface area contributed by atoms with Gasteiger partial charge in [0, 0.05) is 18.1 Å². The summed E-state index contributed by atoms with van der Waals surface area (Å²) < 4.78 is 32.0. The van der Waals surface area contributed by atoms with E-state index < -0.39 is 15.9 Å². The first-order valence-corrected chi connectivity index (χ1v) is 10.1. The lowest BCUT2D eigenvalue weighted by molar-refractivity contribution is -0.116. The van der Waals surface area contributed by atoms with Gasteiger partial charge in [0.2, 0.25) is 15.9 Å². The van der Waals surface area contributed by atoms with Gasteiger partial charge in [-0.2, -0.15) is 4.31 Å². The zero-order valence-electron chi connectivity index (χ0n) is 14.1. The van der Waals surface area contributed by atoms with Crippen LogP contribution in [0.3, 0.4) is 0 Å². The van der Waals surface area contributed by atoms with Gasteiger partial charge < -0.3 is 10.1 Å². The number of nitrogens with one attached hydrogen (secondary N) is 1. The van der Waals surface area contributed by atoms with Gasteiger partial charge in [-0.3, -0.25) is 4.79 Å². The number of benzene rings is 1. The van der Waals surface area contributed by atoms with Crippen LogP contribution in [0.4, 0.5) is 5.13 Å². The lowest BCUT2D eigenvalue weighted by atomic mass is 10.3.